The van der Waals surface area contributed by atoms with Crippen molar-refractivity contribution in [2.45, 2.75) is 38.3 Å². The third-order valence-electron chi connectivity index (χ3n) is 6.09. The Balaban J connectivity index is 1.42. The minimum Gasteiger partial charge on any atom is -0.478 e. The van der Waals surface area contributed by atoms with Gasteiger partial charge in [0.2, 0.25) is 5.95 Å². The summed E-state index contributed by atoms with van der Waals surface area (Å²) in [4.78, 5) is 24.5. The minimum absolute atomic E-state index is 0.0938. The molecular formula is C26H21F3N4O2S. The van der Waals surface area contributed by atoms with Gasteiger partial charge in [-0.3, -0.25) is 0 Å². The molecule has 184 valence electrons. The summed E-state index contributed by atoms with van der Waals surface area (Å²) < 4.78 is 39.0. The van der Waals surface area contributed by atoms with Crippen molar-refractivity contribution in [3.8, 4) is 10.4 Å². The van der Waals surface area contributed by atoms with E-state index in [-0.39, 0.29) is 11.9 Å². The van der Waals surface area contributed by atoms with Crippen molar-refractivity contribution < 1.29 is 23.1 Å². The molecule has 0 saturated heterocycles. The Labute approximate surface area is 208 Å². The Bertz CT molecular complexity index is 1450. The highest BCUT2D eigenvalue weighted by atomic mass is 32.1. The number of halogens is 3. The van der Waals surface area contributed by atoms with Gasteiger partial charge in [-0.25, -0.2) is 19.7 Å². The first-order valence-corrected chi connectivity index (χ1v) is 12.1. The SMILES string of the molecule is Cc1cc(Nc2nccc(C(F)(F)F)n2)cc(-c2cnc(C3CCCc4cc(C(=O)O)ccc43)s2)c1. The van der Waals surface area contributed by atoms with E-state index in [2.05, 4.69) is 20.3 Å². The predicted molar refractivity (Wildman–Crippen MR) is 131 cm³/mol. The molecule has 1 unspecified atom stereocenters. The van der Waals surface area contributed by atoms with Crippen molar-refractivity contribution in [2.75, 3.05) is 5.32 Å². The summed E-state index contributed by atoms with van der Waals surface area (Å²) in [5.41, 5.74) is 3.81. The zero-order valence-electron chi connectivity index (χ0n) is 19.1. The number of alkyl halides is 3. The summed E-state index contributed by atoms with van der Waals surface area (Å²) in [6, 6.07) is 11.8. The van der Waals surface area contributed by atoms with Crippen LogP contribution in [0.5, 0.6) is 0 Å². The number of benzene rings is 2. The van der Waals surface area contributed by atoms with Gasteiger partial charge >= 0.3 is 12.1 Å². The lowest BCUT2D eigenvalue weighted by molar-refractivity contribution is -0.141. The van der Waals surface area contributed by atoms with Gasteiger partial charge in [-0.15, -0.1) is 11.3 Å². The van der Waals surface area contributed by atoms with Crippen LogP contribution in [0.2, 0.25) is 0 Å². The van der Waals surface area contributed by atoms with E-state index in [0.717, 1.165) is 63.7 Å². The van der Waals surface area contributed by atoms with E-state index in [1.54, 1.807) is 29.7 Å². The smallest absolute Gasteiger partial charge is 0.433 e. The molecule has 10 heteroatoms. The van der Waals surface area contributed by atoms with E-state index in [1.807, 2.05) is 31.2 Å². The molecule has 1 aliphatic carbocycles. The van der Waals surface area contributed by atoms with Crippen LogP contribution in [0.1, 0.15) is 56.5 Å². The van der Waals surface area contributed by atoms with Gasteiger partial charge in [0.05, 0.1) is 10.4 Å². The Morgan fingerprint density at radius 2 is 1.97 bits per heavy atom. The second-order valence-electron chi connectivity index (χ2n) is 8.70. The first-order valence-electron chi connectivity index (χ1n) is 11.3. The van der Waals surface area contributed by atoms with Gasteiger partial charge in [-0.05, 0) is 78.8 Å². The van der Waals surface area contributed by atoms with Crippen molar-refractivity contribution in [2.24, 2.45) is 0 Å². The molecule has 0 radical (unpaired) electrons. The van der Waals surface area contributed by atoms with Gasteiger partial charge in [-0.1, -0.05) is 12.1 Å². The van der Waals surface area contributed by atoms with E-state index in [4.69, 9.17) is 0 Å². The lowest BCUT2D eigenvalue weighted by atomic mass is 9.82. The number of carboxylic acids is 1. The molecule has 1 aliphatic rings. The molecule has 0 aliphatic heterocycles. The highest BCUT2D eigenvalue weighted by Gasteiger charge is 2.33. The van der Waals surface area contributed by atoms with E-state index >= 15 is 0 Å². The zero-order chi connectivity index (χ0) is 25.4. The van der Waals surface area contributed by atoms with Crippen LogP contribution in [0, 0.1) is 6.92 Å². The lowest BCUT2D eigenvalue weighted by Crippen LogP contribution is -2.12. The maximum Gasteiger partial charge on any atom is 0.433 e. The lowest BCUT2D eigenvalue weighted by Gasteiger charge is -2.24. The molecule has 1 atom stereocenters. The summed E-state index contributed by atoms with van der Waals surface area (Å²) in [5.74, 6) is -0.974. The van der Waals surface area contributed by atoms with Crippen molar-refractivity contribution in [3.05, 3.63) is 87.8 Å². The number of hydrogen-bond acceptors (Lipinski definition) is 6. The molecule has 4 aromatic rings. The number of aromatic carboxylic acids is 1. The number of fused-ring (bicyclic) bond motifs is 1. The Kier molecular flexibility index (Phi) is 6.21. The fourth-order valence-corrected chi connectivity index (χ4v) is 5.55. The topological polar surface area (TPSA) is 88.0 Å². The summed E-state index contributed by atoms with van der Waals surface area (Å²) in [7, 11) is 0. The summed E-state index contributed by atoms with van der Waals surface area (Å²) in [6.45, 7) is 1.90. The van der Waals surface area contributed by atoms with Crippen LogP contribution >= 0.6 is 11.3 Å². The second kappa shape index (κ2) is 9.34. The van der Waals surface area contributed by atoms with Crippen molar-refractivity contribution in [1.82, 2.24) is 15.0 Å². The van der Waals surface area contributed by atoms with Crippen LogP contribution in [-0.2, 0) is 12.6 Å². The number of anilines is 2. The van der Waals surface area contributed by atoms with Gasteiger partial charge in [0.25, 0.3) is 0 Å². The molecule has 2 heterocycles. The normalized spacial score (nSPS) is 15.4. The quantitative estimate of drug-likeness (QED) is 0.306. The summed E-state index contributed by atoms with van der Waals surface area (Å²) >= 11 is 1.56. The molecule has 2 aromatic heterocycles. The average molecular weight is 511 g/mol. The standard InChI is InChI=1S/C26H21F3N4O2S/c1-14-9-17(12-18(10-14)32-25-30-8-7-22(33-25)26(27,28)29)21-13-31-23(36-21)20-4-2-3-15-11-16(24(34)35)5-6-19(15)20/h5-13,20H,2-4H2,1H3,(H,34,35)(H,30,32,33). The van der Waals surface area contributed by atoms with Gasteiger partial charge in [0, 0.05) is 24.0 Å². The monoisotopic (exact) mass is 510 g/mol. The van der Waals surface area contributed by atoms with E-state index in [9.17, 15) is 23.1 Å². The molecule has 2 N–H and O–H groups in total. The summed E-state index contributed by atoms with van der Waals surface area (Å²) in [6.07, 6.45) is 1.05. The van der Waals surface area contributed by atoms with Crippen LogP contribution in [0.3, 0.4) is 0 Å². The molecule has 0 saturated carbocycles. The Morgan fingerprint density at radius 1 is 1.14 bits per heavy atom. The number of carbonyl (C=O) groups is 1. The first-order chi connectivity index (χ1) is 17.2. The van der Waals surface area contributed by atoms with Crippen LogP contribution in [0.25, 0.3) is 10.4 Å². The summed E-state index contributed by atoms with van der Waals surface area (Å²) in [5, 5.41) is 13.1. The molecule has 5 rings (SSSR count). The van der Waals surface area contributed by atoms with Crippen LogP contribution in [-0.4, -0.2) is 26.0 Å². The zero-order valence-corrected chi connectivity index (χ0v) is 20.0. The van der Waals surface area contributed by atoms with E-state index in [1.165, 1.54) is 0 Å². The largest absolute Gasteiger partial charge is 0.478 e. The minimum atomic E-state index is -4.55. The van der Waals surface area contributed by atoms with Gasteiger partial charge in [0.1, 0.15) is 10.7 Å². The van der Waals surface area contributed by atoms with E-state index in [0.29, 0.717) is 11.3 Å². The van der Waals surface area contributed by atoms with Gasteiger partial charge in [0.15, 0.2) is 0 Å². The number of rotatable bonds is 5. The number of carboxylic acid groups (broad SMARTS) is 1. The maximum atomic E-state index is 13.0. The number of hydrogen-bond donors (Lipinski definition) is 2. The first kappa shape index (κ1) is 23.9. The van der Waals surface area contributed by atoms with E-state index < -0.39 is 17.8 Å². The number of nitrogens with one attached hydrogen (secondary N) is 1. The fourth-order valence-electron chi connectivity index (χ4n) is 4.49. The third-order valence-corrected chi connectivity index (χ3v) is 7.25. The van der Waals surface area contributed by atoms with Crippen LogP contribution < -0.4 is 5.32 Å². The predicted octanol–water partition coefficient (Wildman–Crippen LogP) is 6.84. The van der Waals surface area contributed by atoms with Crippen LogP contribution in [0.15, 0.2) is 54.9 Å². The fraction of sp³-hybridized carbons (Fsp3) is 0.231. The number of aromatic nitrogens is 3. The highest BCUT2D eigenvalue weighted by molar-refractivity contribution is 7.15. The van der Waals surface area contributed by atoms with Crippen LogP contribution in [0.4, 0.5) is 24.8 Å². The molecule has 0 fully saturated rings. The molecule has 0 amide bonds. The van der Waals surface area contributed by atoms with Gasteiger partial charge < -0.3 is 10.4 Å². The van der Waals surface area contributed by atoms with Crippen molar-refractivity contribution in [3.63, 3.8) is 0 Å². The molecule has 6 nitrogen and oxygen atoms in total. The third kappa shape index (κ3) is 4.94. The molecule has 36 heavy (non-hydrogen) atoms. The molecule has 0 bridgehead atoms. The van der Waals surface area contributed by atoms with Crippen molar-refractivity contribution >= 4 is 28.9 Å². The molecular weight excluding hydrogens is 489 g/mol. The average Bonchev–Trinajstić information content (AvgIpc) is 3.33. The Morgan fingerprint density at radius 3 is 2.75 bits per heavy atom. The maximum absolute atomic E-state index is 13.0. The number of thiazole rings is 1. The molecule has 0 spiro atoms. The van der Waals surface area contributed by atoms with Crippen molar-refractivity contribution in [1.29, 1.82) is 0 Å². The molecule has 2 aromatic carbocycles. The van der Waals surface area contributed by atoms with Gasteiger partial charge in [-0.2, -0.15) is 13.2 Å². The Hall–Kier alpha value is -3.79. The number of aryl methyl sites for hydroxylation is 2. The highest BCUT2D eigenvalue weighted by Crippen LogP contribution is 2.41. The second-order valence-corrected chi connectivity index (χ2v) is 9.76. The number of nitrogens with zero attached hydrogens (tertiary/aromatic N) is 3.